The number of methoxy groups -OCH3 is 1. The van der Waals surface area contributed by atoms with E-state index in [1.54, 1.807) is 6.07 Å². The van der Waals surface area contributed by atoms with E-state index in [0.717, 1.165) is 24.0 Å². The van der Waals surface area contributed by atoms with Crippen molar-refractivity contribution in [3.05, 3.63) is 27.7 Å². The van der Waals surface area contributed by atoms with E-state index in [0.29, 0.717) is 20.4 Å². The molecule has 0 spiro atoms. The minimum atomic E-state index is -3.77. The van der Waals surface area contributed by atoms with Crippen molar-refractivity contribution in [2.75, 3.05) is 19.1 Å². The number of carbonyl (C=O) groups excluding carboxylic acids is 1. The van der Waals surface area contributed by atoms with Gasteiger partial charge in [-0.05, 0) is 45.5 Å². The molecular formula is C16H15BrN4O5S3. The first-order valence-corrected chi connectivity index (χ1v) is 12.4. The number of hydrogen-bond donors (Lipinski definition) is 1. The van der Waals surface area contributed by atoms with E-state index in [-0.39, 0.29) is 22.9 Å². The molecule has 2 heterocycles. The second-order valence-electron chi connectivity index (χ2n) is 5.66. The molecule has 3 rings (SSSR count). The van der Waals surface area contributed by atoms with Gasteiger partial charge in [0.05, 0.1) is 35.4 Å². The van der Waals surface area contributed by atoms with Gasteiger partial charge in [-0.15, -0.1) is 0 Å². The van der Waals surface area contributed by atoms with E-state index in [2.05, 4.69) is 25.3 Å². The average Bonchev–Trinajstić information content (AvgIpc) is 3.02. The van der Waals surface area contributed by atoms with E-state index in [4.69, 9.17) is 14.3 Å². The second kappa shape index (κ2) is 8.50. The summed E-state index contributed by atoms with van der Waals surface area (Å²) in [6.07, 6.45) is 2.41. The van der Waals surface area contributed by atoms with Crippen molar-refractivity contribution in [2.45, 2.75) is 6.92 Å². The molecule has 0 saturated carbocycles. The first kappa shape index (κ1) is 21.9. The molecule has 0 aromatic heterocycles. The van der Waals surface area contributed by atoms with Gasteiger partial charge in [-0.3, -0.25) is 10.2 Å². The van der Waals surface area contributed by atoms with Gasteiger partial charge < -0.3 is 8.92 Å². The van der Waals surface area contributed by atoms with Crippen molar-refractivity contribution < 1.29 is 22.1 Å². The number of thioether (sulfide) groups is 1. The normalized spacial score (nSPS) is 17.9. The standard InChI is InChI=1S/C16H15BrN4O5S3/c1-4-27-16-20-28-15-19-14(22)9(13(18)21(15)16)5-8-6-10(17)12(11(7-8)25-2)26-29(3,23)24/h5-7,18H,4H2,1-3H3/b9-5-,18-13?. The van der Waals surface area contributed by atoms with Gasteiger partial charge in [-0.2, -0.15) is 17.8 Å². The zero-order valence-corrected chi connectivity index (χ0v) is 19.5. The van der Waals surface area contributed by atoms with Crippen LogP contribution in [0, 0.1) is 5.41 Å². The van der Waals surface area contributed by atoms with Gasteiger partial charge in [0.25, 0.3) is 5.91 Å². The molecular weight excluding hydrogens is 504 g/mol. The molecule has 1 amide bonds. The lowest BCUT2D eigenvalue weighted by atomic mass is 10.1. The maximum absolute atomic E-state index is 12.5. The average molecular weight is 519 g/mol. The van der Waals surface area contributed by atoms with Crippen LogP contribution in [0.1, 0.15) is 12.5 Å². The van der Waals surface area contributed by atoms with Crippen LogP contribution in [0.2, 0.25) is 0 Å². The highest BCUT2D eigenvalue weighted by molar-refractivity contribution is 9.10. The highest BCUT2D eigenvalue weighted by atomic mass is 79.9. The topological polar surface area (TPSA) is 121 Å². The molecule has 0 atom stereocenters. The van der Waals surface area contributed by atoms with Crippen molar-refractivity contribution in [3.8, 4) is 11.5 Å². The number of amidine groups is 3. The lowest BCUT2D eigenvalue weighted by Crippen LogP contribution is -2.41. The van der Waals surface area contributed by atoms with Crippen LogP contribution in [-0.2, 0) is 14.9 Å². The quantitative estimate of drug-likeness (QED) is 0.358. The molecule has 2 aliphatic heterocycles. The summed E-state index contributed by atoms with van der Waals surface area (Å²) in [6.45, 7) is 1.96. The number of carbonyl (C=O) groups is 1. The highest BCUT2D eigenvalue weighted by Crippen LogP contribution is 2.38. The fraction of sp³-hybridized carbons (Fsp3) is 0.250. The molecule has 29 heavy (non-hydrogen) atoms. The molecule has 0 unspecified atom stereocenters. The predicted octanol–water partition coefficient (Wildman–Crippen LogP) is 3.13. The van der Waals surface area contributed by atoms with E-state index < -0.39 is 16.0 Å². The maximum atomic E-state index is 12.5. The van der Waals surface area contributed by atoms with Crippen molar-refractivity contribution in [1.29, 1.82) is 5.41 Å². The summed E-state index contributed by atoms with van der Waals surface area (Å²) in [5, 5.41) is 9.42. The Morgan fingerprint density at radius 1 is 1.41 bits per heavy atom. The third kappa shape index (κ3) is 4.68. The molecule has 1 N–H and O–H groups in total. The summed E-state index contributed by atoms with van der Waals surface area (Å²) in [4.78, 5) is 18.0. The summed E-state index contributed by atoms with van der Waals surface area (Å²) in [5.74, 6) is 0.313. The fourth-order valence-corrected chi connectivity index (χ4v) is 5.14. The van der Waals surface area contributed by atoms with Crippen molar-refractivity contribution in [2.24, 2.45) is 9.39 Å². The van der Waals surface area contributed by atoms with E-state index >= 15 is 0 Å². The molecule has 1 aromatic rings. The number of nitrogens with zero attached hydrogens (tertiary/aromatic N) is 3. The van der Waals surface area contributed by atoms with Gasteiger partial charge in [0, 0.05) is 0 Å². The Hall–Kier alpha value is -1.83. The number of halogens is 1. The van der Waals surface area contributed by atoms with Gasteiger partial charge >= 0.3 is 10.1 Å². The van der Waals surface area contributed by atoms with Crippen LogP contribution in [0.5, 0.6) is 11.5 Å². The summed E-state index contributed by atoms with van der Waals surface area (Å²) in [7, 11) is -2.40. The Kier molecular flexibility index (Phi) is 6.41. The van der Waals surface area contributed by atoms with Crippen LogP contribution in [0.25, 0.3) is 6.08 Å². The van der Waals surface area contributed by atoms with Crippen LogP contribution in [-0.4, -0.2) is 54.5 Å². The number of hydrogen-bond acceptors (Lipinski definition) is 9. The number of benzene rings is 1. The number of fused-ring (bicyclic) bond motifs is 1. The number of rotatable bonds is 5. The molecule has 0 aliphatic carbocycles. The molecule has 1 aromatic carbocycles. The smallest absolute Gasteiger partial charge is 0.306 e. The zero-order valence-electron chi connectivity index (χ0n) is 15.4. The first-order valence-electron chi connectivity index (χ1n) is 8.03. The van der Waals surface area contributed by atoms with Gasteiger partial charge in [0.15, 0.2) is 16.7 Å². The Bertz CT molecular complexity index is 1100. The molecule has 0 fully saturated rings. The lowest BCUT2D eigenvalue weighted by Gasteiger charge is -2.24. The van der Waals surface area contributed by atoms with Gasteiger partial charge in [0.1, 0.15) is 5.84 Å². The number of amides is 1. The van der Waals surface area contributed by atoms with Crippen molar-refractivity contribution in [3.63, 3.8) is 0 Å². The Labute approximate surface area is 184 Å². The fourth-order valence-electron chi connectivity index (χ4n) is 2.45. The van der Waals surface area contributed by atoms with E-state index in [1.807, 2.05) is 6.92 Å². The number of ether oxygens (including phenoxy) is 1. The summed E-state index contributed by atoms with van der Waals surface area (Å²) < 4.78 is 37.7. The minimum Gasteiger partial charge on any atom is -0.493 e. The highest BCUT2D eigenvalue weighted by Gasteiger charge is 2.37. The number of aliphatic imine (C=N–C) groups is 1. The number of nitrogens with one attached hydrogen (secondary N) is 1. The van der Waals surface area contributed by atoms with Crippen LogP contribution in [0.3, 0.4) is 0 Å². The van der Waals surface area contributed by atoms with E-state index in [9.17, 15) is 13.2 Å². The molecule has 2 aliphatic rings. The Morgan fingerprint density at radius 3 is 2.76 bits per heavy atom. The van der Waals surface area contributed by atoms with Gasteiger partial charge in [-0.25, -0.2) is 4.90 Å². The van der Waals surface area contributed by atoms with Crippen molar-refractivity contribution in [1.82, 2.24) is 4.90 Å². The zero-order chi connectivity index (χ0) is 21.3. The molecule has 154 valence electrons. The predicted molar refractivity (Wildman–Crippen MR) is 119 cm³/mol. The second-order valence-corrected chi connectivity index (χ2v) is 10.1. The monoisotopic (exact) mass is 518 g/mol. The summed E-state index contributed by atoms with van der Waals surface area (Å²) >= 11 is 5.77. The summed E-state index contributed by atoms with van der Waals surface area (Å²) in [5.41, 5.74) is 0.571. The Balaban J connectivity index is 2.02. The van der Waals surface area contributed by atoms with Crippen molar-refractivity contribution >= 4 is 77.9 Å². The van der Waals surface area contributed by atoms with Crippen LogP contribution < -0.4 is 8.92 Å². The molecule has 0 bridgehead atoms. The molecule has 0 saturated heterocycles. The van der Waals surface area contributed by atoms with Crippen LogP contribution in [0.15, 0.2) is 31.6 Å². The maximum Gasteiger partial charge on any atom is 0.306 e. The third-order valence-electron chi connectivity index (χ3n) is 3.57. The third-order valence-corrected chi connectivity index (χ3v) is 6.26. The van der Waals surface area contributed by atoms with Crippen LogP contribution >= 0.6 is 39.6 Å². The SMILES string of the molecule is CCSC1=NSC2=NC(=O)/C(=C\c3cc(Br)c(OS(C)(=O)=O)c(OC)c3)C(=N)N12. The van der Waals surface area contributed by atoms with Gasteiger partial charge in [-0.1, -0.05) is 18.7 Å². The lowest BCUT2D eigenvalue weighted by molar-refractivity contribution is -0.114. The summed E-state index contributed by atoms with van der Waals surface area (Å²) in [6, 6.07) is 3.07. The minimum absolute atomic E-state index is 0.00721. The molecule has 13 heteroatoms. The first-order chi connectivity index (χ1) is 13.6. The Morgan fingerprint density at radius 2 is 2.14 bits per heavy atom. The van der Waals surface area contributed by atoms with E-state index in [1.165, 1.54) is 35.9 Å². The van der Waals surface area contributed by atoms with Crippen LogP contribution in [0.4, 0.5) is 0 Å². The van der Waals surface area contributed by atoms with Gasteiger partial charge in [0.2, 0.25) is 5.17 Å². The molecule has 0 radical (unpaired) electrons. The largest absolute Gasteiger partial charge is 0.493 e. The molecule has 9 nitrogen and oxygen atoms in total.